The Balaban J connectivity index is 0.00000200. The molecule has 0 unspecified atom stereocenters. The fraction of sp³-hybridized carbons (Fsp3) is 0.562. The highest BCUT2D eigenvalue weighted by molar-refractivity contribution is 14.0. The third-order valence-corrected chi connectivity index (χ3v) is 3.40. The highest BCUT2D eigenvalue weighted by Crippen LogP contribution is 2.21. The SMILES string of the molecule is CN=C(NCC(C)(C)Cc1ccccc1)NC1CC1.I. The van der Waals surface area contributed by atoms with Crippen LogP contribution in [-0.4, -0.2) is 25.6 Å². The van der Waals surface area contributed by atoms with Crippen molar-refractivity contribution in [1.29, 1.82) is 0 Å². The van der Waals surface area contributed by atoms with Crippen LogP contribution in [0.25, 0.3) is 0 Å². The van der Waals surface area contributed by atoms with Crippen LogP contribution < -0.4 is 10.6 Å². The van der Waals surface area contributed by atoms with Gasteiger partial charge in [0.2, 0.25) is 0 Å². The first-order valence-corrected chi connectivity index (χ1v) is 7.10. The normalized spacial score (nSPS) is 15.4. The fourth-order valence-electron chi connectivity index (χ4n) is 2.15. The Bertz CT molecular complexity index is 425. The predicted octanol–water partition coefficient (Wildman–Crippen LogP) is 3.20. The lowest BCUT2D eigenvalue weighted by molar-refractivity contribution is 0.359. The maximum atomic E-state index is 4.27. The molecule has 1 aliphatic carbocycles. The zero-order valence-electron chi connectivity index (χ0n) is 12.6. The van der Waals surface area contributed by atoms with E-state index in [-0.39, 0.29) is 29.4 Å². The second-order valence-electron chi connectivity index (χ2n) is 6.17. The molecule has 3 nitrogen and oxygen atoms in total. The second kappa shape index (κ2) is 7.86. The van der Waals surface area contributed by atoms with Gasteiger partial charge in [0.25, 0.3) is 0 Å². The van der Waals surface area contributed by atoms with Crippen LogP contribution in [0.4, 0.5) is 0 Å². The van der Waals surface area contributed by atoms with E-state index >= 15 is 0 Å². The van der Waals surface area contributed by atoms with Crippen molar-refractivity contribution >= 4 is 29.9 Å². The molecule has 1 aromatic carbocycles. The highest BCUT2D eigenvalue weighted by atomic mass is 127. The van der Waals surface area contributed by atoms with Gasteiger partial charge in [-0.05, 0) is 30.2 Å². The maximum absolute atomic E-state index is 4.27. The first-order valence-electron chi connectivity index (χ1n) is 7.10. The Morgan fingerprint density at radius 1 is 1.25 bits per heavy atom. The van der Waals surface area contributed by atoms with Crippen LogP contribution in [0.5, 0.6) is 0 Å². The third-order valence-electron chi connectivity index (χ3n) is 3.40. The Hall–Kier alpha value is -0.780. The van der Waals surface area contributed by atoms with Crippen molar-refractivity contribution < 1.29 is 0 Å². The molecule has 0 heterocycles. The highest BCUT2D eigenvalue weighted by Gasteiger charge is 2.23. The smallest absolute Gasteiger partial charge is 0.191 e. The van der Waals surface area contributed by atoms with Crippen LogP contribution in [0.2, 0.25) is 0 Å². The van der Waals surface area contributed by atoms with E-state index < -0.39 is 0 Å². The van der Waals surface area contributed by atoms with Gasteiger partial charge in [-0.2, -0.15) is 0 Å². The minimum atomic E-state index is 0. The maximum Gasteiger partial charge on any atom is 0.191 e. The molecule has 0 spiro atoms. The second-order valence-corrected chi connectivity index (χ2v) is 6.17. The Morgan fingerprint density at radius 3 is 2.45 bits per heavy atom. The molecule has 112 valence electrons. The van der Waals surface area contributed by atoms with Crippen molar-refractivity contribution in [3.05, 3.63) is 35.9 Å². The molecule has 0 aromatic heterocycles. The van der Waals surface area contributed by atoms with Gasteiger partial charge in [0, 0.05) is 19.6 Å². The number of nitrogens with zero attached hydrogens (tertiary/aromatic N) is 1. The average molecular weight is 387 g/mol. The third kappa shape index (κ3) is 6.11. The number of rotatable bonds is 5. The summed E-state index contributed by atoms with van der Waals surface area (Å²) in [6.07, 6.45) is 3.61. The number of halogens is 1. The summed E-state index contributed by atoms with van der Waals surface area (Å²) in [4.78, 5) is 4.27. The lowest BCUT2D eigenvalue weighted by atomic mass is 9.86. The van der Waals surface area contributed by atoms with E-state index in [0.29, 0.717) is 6.04 Å². The molecule has 4 heteroatoms. The zero-order valence-corrected chi connectivity index (χ0v) is 15.0. The number of hydrogen-bond acceptors (Lipinski definition) is 1. The summed E-state index contributed by atoms with van der Waals surface area (Å²) in [5, 5.41) is 6.86. The fourth-order valence-corrected chi connectivity index (χ4v) is 2.15. The number of hydrogen-bond donors (Lipinski definition) is 2. The molecule has 1 fully saturated rings. The molecule has 20 heavy (non-hydrogen) atoms. The van der Waals surface area contributed by atoms with Crippen molar-refractivity contribution in [2.24, 2.45) is 10.4 Å². The van der Waals surface area contributed by atoms with Gasteiger partial charge in [-0.25, -0.2) is 0 Å². The van der Waals surface area contributed by atoms with Crippen molar-refractivity contribution in [1.82, 2.24) is 10.6 Å². The molecule has 0 amide bonds. The largest absolute Gasteiger partial charge is 0.356 e. The van der Waals surface area contributed by atoms with Crippen LogP contribution in [-0.2, 0) is 6.42 Å². The molecule has 0 atom stereocenters. The molecule has 0 bridgehead atoms. The molecule has 1 aliphatic rings. The van der Waals surface area contributed by atoms with Crippen molar-refractivity contribution in [2.75, 3.05) is 13.6 Å². The molecule has 1 saturated carbocycles. The molecule has 0 aliphatic heterocycles. The molecular weight excluding hydrogens is 361 g/mol. The van der Waals surface area contributed by atoms with Gasteiger partial charge in [0.15, 0.2) is 5.96 Å². The van der Waals surface area contributed by atoms with Gasteiger partial charge >= 0.3 is 0 Å². The quantitative estimate of drug-likeness (QED) is 0.463. The summed E-state index contributed by atoms with van der Waals surface area (Å²) in [5.74, 6) is 0.934. The first kappa shape index (κ1) is 17.3. The lowest BCUT2D eigenvalue weighted by Gasteiger charge is -2.26. The molecule has 1 aromatic rings. The van der Waals surface area contributed by atoms with E-state index in [1.165, 1.54) is 18.4 Å². The summed E-state index contributed by atoms with van der Waals surface area (Å²) >= 11 is 0. The number of guanidine groups is 1. The minimum Gasteiger partial charge on any atom is -0.356 e. The topological polar surface area (TPSA) is 36.4 Å². The predicted molar refractivity (Wildman–Crippen MR) is 96.9 cm³/mol. The van der Waals surface area contributed by atoms with Crippen LogP contribution in [0.1, 0.15) is 32.3 Å². The van der Waals surface area contributed by atoms with Crippen molar-refractivity contribution in [2.45, 2.75) is 39.2 Å². The van der Waals surface area contributed by atoms with Gasteiger partial charge in [-0.1, -0.05) is 44.2 Å². The molecular formula is C16H26IN3. The molecule has 0 saturated heterocycles. The lowest BCUT2D eigenvalue weighted by Crippen LogP contribution is -2.43. The van der Waals surface area contributed by atoms with E-state index in [0.717, 1.165) is 18.9 Å². The van der Waals surface area contributed by atoms with Gasteiger partial charge in [-0.3, -0.25) is 4.99 Å². The van der Waals surface area contributed by atoms with Gasteiger partial charge < -0.3 is 10.6 Å². The van der Waals surface area contributed by atoms with E-state index in [9.17, 15) is 0 Å². The Kier molecular flexibility index (Phi) is 6.79. The Morgan fingerprint density at radius 2 is 1.90 bits per heavy atom. The Labute approximate surface area is 139 Å². The van der Waals surface area contributed by atoms with Crippen LogP contribution in [0.15, 0.2) is 35.3 Å². The monoisotopic (exact) mass is 387 g/mol. The summed E-state index contributed by atoms with van der Waals surface area (Å²) in [6.45, 7) is 5.50. The van der Waals surface area contributed by atoms with E-state index in [4.69, 9.17) is 0 Å². The standard InChI is InChI=1S/C16H25N3.HI/c1-16(2,11-13-7-5-4-6-8-13)12-18-15(17-3)19-14-9-10-14;/h4-8,14H,9-12H2,1-3H3,(H2,17,18,19);1H. The number of aliphatic imine (C=N–C) groups is 1. The summed E-state index contributed by atoms with van der Waals surface area (Å²) < 4.78 is 0. The van der Waals surface area contributed by atoms with Gasteiger partial charge in [0.05, 0.1) is 0 Å². The van der Waals surface area contributed by atoms with E-state index in [2.05, 4.69) is 59.8 Å². The summed E-state index contributed by atoms with van der Waals surface area (Å²) in [5.41, 5.74) is 1.60. The summed E-state index contributed by atoms with van der Waals surface area (Å²) in [6, 6.07) is 11.3. The molecule has 0 radical (unpaired) electrons. The molecule has 2 rings (SSSR count). The van der Waals surface area contributed by atoms with E-state index in [1.807, 2.05) is 7.05 Å². The van der Waals surface area contributed by atoms with Crippen LogP contribution >= 0.6 is 24.0 Å². The summed E-state index contributed by atoms with van der Waals surface area (Å²) in [7, 11) is 1.84. The van der Waals surface area contributed by atoms with Crippen LogP contribution in [0, 0.1) is 5.41 Å². The first-order chi connectivity index (χ1) is 9.09. The zero-order chi connectivity index (χ0) is 13.7. The number of benzene rings is 1. The van der Waals surface area contributed by atoms with Crippen LogP contribution in [0.3, 0.4) is 0 Å². The van der Waals surface area contributed by atoms with Crippen molar-refractivity contribution in [3.63, 3.8) is 0 Å². The number of nitrogens with one attached hydrogen (secondary N) is 2. The van der Waals surface area contributed by atoms with Gasteiger partial charge in [-0.15, -0.1) is 24.0 Å². The molecule has 2 N–H and O–H groups in total. The van der Waals surface area contributed by atoms with E-state index in [1.54, 1.807) is 0 Å². The average Bonchev–Trinajstić information content (AvgIpc) is 3.19. The van der Waals surface area contributed by atoms with Crippen molar-refractivity contribution in [3.8, 4) is 0 Å². The minimum absolute atomic E-state index is 0. The van der Waals surface area contributed by atoms with Gasteiger partial charge in [0.1, 0.15) is 0 Å².